The summed E-state index contributed by atoms with van der Waals surface area (Å²) in [5.74, 6) is -0.883. The van der Waals surface area contributed by atoms with Crippen LogP contribution >= 0.6 is 0 Å². The van der Waals surface area contributed by atoms with E-state index in [9.17, 15) is 28.1 Å². The summed E-state index contributed by atoms with van der Waals surface area (Å²) in [7, 11) is 0. The average Bonchev–Trinajstić information content (AvgIpc) is 2.27. The second-order valence-corrected chi connectivity index (χ2v) is 4.13. The topological polar surface area (TPSA) is 107 Å². The standard InChI is InChI=1S/C11H11F3N2O3.H3N/c1-6(2)10(17)15-7-3-4-9(16(18)19)8(5-7)11(12,13)14;/h3-6H,1-2H3,(H,15,17);1H3. The predicted molar refractivity (Wildman–Crippen MR) is 66.6 cm³/mol. The second-order valence-electron chi connectivity index (χ2n) is 4.13. The van der Waals surface area contributed by atoms with Crippen LogP contribution in [0, 0.1) is 16.0 Å². The van der Waals surface area contributed by atoms with Crippen LogP contribution in [0.15, 0.2) is 18.2 Å². The van der Waals surface area contributed by atoms with Gasteiger partial charge in [-0.3, -0.25) is 14.9 Å². The van der Waals surface area contributed by atoms with Crippen molar-refractivity contribution in [3.8, 4) is 0 Å². The molecule has 0 unspecified atom stereocenters. The number of nitro benzene ring substituents is 1. The minimum atomic E-state index is -4.86. The van der Waals surface area contributed by atoms with Gasteiger partial charge in [0.25, 0.3) is 5.69 Å². The van der Waals surface area contributed by atoms with E-state index in [1.54, 1.807) is 13.8 Å². The number of benzene rings is 1. The fourth-order valence-electron chi connectivity index (χ4n) is 1.29. The van der Waals surface area contributed by atoms with E-state index in [2.05, 4.69) is 5.32 Å². The largest absolute Gasteiger partial charge is 0.423 e. The quantitative estimate of drug-likeness (QED) is 0.658. The van der Waals surface area contributed by atoms with Gasteiger partial charge in [-0.05, 0) is 12.1 Å². The summed E-state index contributed by atoms with van der Waals surface area (Å²) in [6, 6.07) is 2.34. The molecule has 9 heteroatoms. The SMILES string of the molecule is CC(C)C(=O)Nc1ccc([N+](=O)[O-])c(C(F)(F)F)c1.N. The minimum absolute atomic E-state index is 0. The van der Waals surface area contributed by atoms with E-state index >= 15 is 0 Å². The molecule has 1 aromatic rings. The lowest BCUT2D eigenvalue weighted by molar-refractivity contribution is -0.388. The molecule has 0 aliphatic heterocycles. The van der Waals surface area contributed by atoms with Crippen molar-refractivity contribution >= 4 is 17.3 Å². The summed E-state index contributed by atoms with van der Waals surface area (Å²) in [4.78, 5) is 20.8. The van der Waals surface area contributed by atoms with Gasteiger partial charge in [0.05, 0.1) is 4.92 Å². The third kappa shape index (κ3) is 4.19. The van der Waals surface area contributed by atoms with E-state index in [-0.39, 0.29) is 11.8 Å². The van der Waals surface area contributed by atoms with Gasteiger partial charge in [0, 0.05) is 17.7 Å². The maximum absolute atomic E-state index is 12.7. The van der Waals surface area contributed by atoms with E-state index in [1.165, 1.54) is 0 Å². The number of nitrogens with one attached hydrogen (secondary N) is 1. The smallest absolute Gasteiger partial charge is 0.344 e. The van der Waals surface area contributed by atoms with Crippen LogP contribution in [0.2, 0.25) is 0 Å². The Morgan fingerprint density at radius 1 is 1.35 bits per heavy atom. The molecule has 6 nitrogen and oxygen atoms in total. The van der Waals surface area contributed by atoms with Gasteiger partial charge in [0.15, 0.2) is 0 Å². The molecular formula is C11H14F3N3O3. The van der Waals surface area contributed by atoms with Crippen molar-refractivity contribution in [1.82, 2.24) is 6.15 Å². The third-order valence-corrected chi connectivity index (χ3v) is 2.29. The maximum atomic E-state index is 12.7. The van der Waals surface area contributed by atoms with Gasteiger partial charge in [-0.15, -0.1) is 0 Å². The molecule has 0 spiro atoms. The molecule has 0 aliphatic carbocycles. The van der Waals surface area contributed by atoms with Crippen LogP contribution in [0.3, 0.4) is 0 Å². The van der Waals surface area contributed by atoms with E-state index < -0.39 is 34.2 Å². The maximum Gasteiger partial charge on any atom is 0.423 e. The monoisotopic (exact) mass is 293 g/mol. The molecule has 1 rings (SSSR count). The van der Waals surface area contributed by atoms with E-state index in [0.717, 1.165) is 12.1 Å². The van der Waals surface area contributed by atoms with E-state index in [1.807, 2.05) is 0 Å². The van der Waals surface area contributed by atoms with Crippen molar-refractivity contribution < 1.29 is 22.9 Å². The molecule has 4 N–H and O–H groups in total. The Labute approximate surface area is 112 Å². The Bertz CT molecular complexity index is 515. The van der Waals surface area contributed by atoms with E-state index in [0.29, 0.717) is 6.07 Å². The molecule has 0 heterocycles. The lowest BCUT2D eigenvalue weighted by Gasteiger charge is -2.11. The van der Waals surface area contributed by atoms with Crippen LogP contribution in [0.1, 0.15) is 19.4 Å². The van der Waals surface area contributed by atoms with Crippen LogP contribution in [0.5, 0.6) is 0 Å². The lowest BCUT2D eigenvalue weighted by atomic mass is 10.1. The highest BCUT2D eigenvalue weighted by Gasteiger charge is 2.38. The predicted octanol–water partition coefficient (Wildman–Crippen LogP) is 3.37. The molecular weight excluding hydrogens is 279 g/mol. The van der Waals surface area contributed by atoms with Crippen LogP contribution in [0.25, 0.3) is 0 Å². The zero-order valence-electron chi connectivity index (χ0n) is 10.8. The van der Waals surface area contributed by atoms with Gasteiger partial charge in [-0.25, -0.2) is 0 Å². The van der Waals surface area contributed by atoms with Crippen molar-refractivity contribution in [2.45, 2.75) is 20.0 Å². The Morgan fingerprint density at radius 2 is 1.90 bits per heavy atom. The third-order valence-electron chi connectivity index (χ3n) is 2.29. The Balaban J connectivity index is 0.00000361. The first-order valence-electron chi connectivity index (χ1n) is 5.29. The molecule has 0 radical (unpaired) electrons. The first-order chi connectivity index (χ1) is 8.62. The zero-order chi connectivity index (χ0) is 14.8. The highest BCUT2D eigenvalue weighted by atomic mass is 19.4. The molecule has 0 bridgehead atoms. The fraction of sp³-hybridized carbons (Fsp3) is 0.364. The number of amides is 1. The zero-order valence-corrected chi connectivity index (χ0v) is 10.8. The summed E-state index contributed by atoms with van der Waals surface area (Å²) in [6.45, 7) is 3.15. The first-order valence-corrected chi connectivity index (χ1v) is 5.29. The normalized spacial score (nSPS) is 10.9. The van der Waals surface area contributed by atoms with Crippen molar-refractivity contribution in [2.24, 2.45) is 5.92 Å². The van der Waals surface area contributed by atoms with Gasteiger partial charge in [0.1, 0.15) is 5.56 Å². The average molecular weight is 293 g/mol. The molecule has 0 aliphatic rings. The lowest BCUT2D eigenvalue weighted by Crippen LogP contribution is -2.18. The molecule has 0 aromatic heterocycles. The first kappa shape index (κ1) is 17.8. The summed E-state index contributed by atoms with van der Waals surface area (Å²) in [5, 5.41) is 12.8. The molecule has 0 saturated carbocycles. The van der Waals surface area contributed by atoms with Gasteiger partial charge in [-0.2, -0.15) is 13.2 Å². The van der Waals surface area contributed by atoms with Crippen molar-refractivity contribution in [2.75, 3.05) is 5.32 Å². The minimum Gasteiger partial charge on any atom is -0.344 e. The van der Waals surface area contributed by atoms with Crippen LogP contribution in [-0.4, -0.2) is 10.8 Å². The molecule has 1 aromatic carbocycles. The summed E-state index contributed by atoms with van der Waals surface area (Å²) >= 11 is 0. The number of halogens is 3. The highest BCUT2D eigenvalue weighted by Crippen LogP contribution is 2.37. The highest BCUT2D eigenvalue weighted by molar-refractivity contribution is 5.92. The number of hydrogen-bond donors (Lipinski definition) is 2. The number of carbonyl (C=O) groups excluding carboxylic acids is 1. The van der Waals surface area contributed by atoms with Crippen LogP contribution in [0.4, 0.5) is 24.5 Å². The summed E-state index contributed by atoms with van der Waals surface area (Å²) in [5.41, 5.74) is -2.56. The van der Waals surface area contributed by atoms with Crippen molar-refractivity contribution in [3.63, 3.8) is 0 Å². The van der Waals surface area contributed by atoms with Gasteiger partial charge in [0.2, 0.25) is 5.91 Å². The summed E-state index contributed by atoms with van der Waals surface area (Å²) in [6.07, 6.45) is -4.86. The molecule has 20 heavy (non-hydrogen) atoms. The van der Waals surface area contributed by atoms with Crippen molar-refractivity contribution in [1.29, 1.82) is 0 Å². The molecule has 0 atom stereocenters. The molecule has 0 saturated heterocycles. The molecule has 0 fully saturated rings. The number of carbonyl (C=O) groups is 1. The van der Waals surface area contributed by atoms with Crippen LogP contribution < -0.4 is 11.5 Å². The number of rotatable bonds is 3. The van der Waals surface area contributed by atoms with E-state index in [4.69, 9.17) is 0 Å². The fourth-order valence-corrected chi connectivity index (χ4v) is 1.29. The van der Waals surface area contributed by atoms with Gasteiger partial charge in [-0.1, -0.05) is 13.8 Å². The number of nitrogens with zero attached hydrogens (tertiary/aromatic N) is 1. The number of hydrogen-bond acceptors (Lipinski definition) is 4. The Kier molecular flexibility index (Phi) is 5.64. The Morgan fingerprint density at radius 3 is 2.30 bits per heavy atom. The van der Waals surface area contributed by atoms with Crippen LogP contribution in [-0.2, 0) is 11.0 Å². The molecule has 1 amide bonds. The Hall–Kier alpha value is -2.16. The van der Waals surface area contributed by atoms with Crippen molar-refractivity contribution in [3.05, 3.63) is 33.9 Å². The number of nitro groups is 1. The number of alkyl halides is 3. The second kappa shape index (κ2) is 6.33. The van der Waals surface area contributed by atoms with Gasteiger partial charge < -0.3 is 11.5 Å². The summed E-state index contributed by atoms with van der Waals surface area (Å²) < 4.78 is 38.0. The number of anilines is 1. The van der Waals surface area contributed by atoms with Gasteiger partial charge >= 0.3 is 6.18 Å². The molecule has 112 valence electrons.